The Kier molecular flexibility index (Phi) is 4.31. The molecular formula is C15H28N2O. The van der Waals surface area contributed by atoms with E-state index < -0.39 is 0 Å². The van der Waals surface area contributed by atoms with Crippen LogP contribution in [-0.4, -0.2) is 29.1 Å². The van der Waals surface area contributed by atoms with E-state index in [2.05, 4.69) is 31.0 Å². The number of nitrogens with one attached hydrogen (secondary N) is 1. The van der Waals surface area contributed by atoms with Gasteiger partial charge in [-0.2, -0.15) is 0 Å². The van der Waals surface area contributed by atoms with Crippen molar-refractivity contribution in [3.63, 3.8) is 0 Å². The summed E-state index contributed by atoms with van der Waals surface area (Å²) in [6, 6.07) is 0.402. The Morgan fingerprint density at radius 1 is 1.28 bits per heavy atom. The van der Waals surface area contributed by atoms with E-state index in [9.17, 15) is 4.79 Å². The topological polar surface area (TPSA) is 32.3 Å². The Labute approximate surface area is 111 Å². The van der Waals surface area contributed by atoms with Gasteiger partial charge in [0, 0.05) is 6.04 Å². The van der Waals surface area contributed by atoms with Crippen LogP contribution in [0, 0.1) is 11.8 Å². The smallest absolute Gasteiger partial charge is 0.240 e. The highest BCUT2D eigenvalue weighted by Crippen LogP contribution is 2.33. The second-order valence-electron chi connectivity index (χ2n) is 6.56. The summed E-state index contributed by atoms with van der Waals surface area (Å²) in [5, 5.41) is 3.47. The molecule has 2 aliphatic rings. The molecule has 104 valence electrons. The maximum Gasteiger partial charge on any atom is 0.240 e. The van der Waals surface area contributed by atoms with Gasteiger partial charge in [0.15, 0.2) is 0 Å². The molecule has 3 heteroatoms. The molecule has 1 aliphatic carbocycles. The highest BCUT2D eigenvalue weighted by molar-refractivity contribution is 5.84. The van der Waals surface area contributed by atoms with Crippen molar-refractivity contribution in [1.29, 1.82) is 0 Å². The van der Waals surface area contributed by atoms with Crippen molar-refractivity contribution in [2.75, 3.05) is 0 Å². The summed E-state index contributed by atoms with van der Waals surface area (Å²) in [4.78, 5) is 14.5. The number of hydrogen-bond acceptors (Lipinski definition) is 2. The van der Waals surface area contributed by atoms with Crippen LogP contribution in [0.15, 0.2) is 0 Å². The van der Waals surface area contributed by atoms with Gasteiger partial charge in [0.2, 0.25) is 5.91 Å². The number of rotatable bonds is 4. The minimum atomic E-state index is -0.00222. The molecule has 3 unspecified atom stereocenters. The summed E-state index contributed by atoms with van der Waals surface area (Å²) in [6.07, 6.45) is 6.60. The van der Waals surface area contributed by atoms with Gasteiger partial charge in [0.1, 0.15) is 0 Å². The fourth-order valence-electron chi connectivity index (χ4n) is 3.60. The van der Waals surface area contributed by atoms with Gasteiger partial charge in [-0.1, -0.05) is 26.7 Å². The molecule has 2 fully saturated rings. The number of nitrogens with zero attached hydrogens (tertiary/aromatic N) is 1. The third-order valence-electron chi connectivity index (χ3n) is 4.62. The Morgan fingerprint density at radius 2 is 1.89 bits per heavy atom. The Morgan fingerprint density at radius 3 is 2.44 bits per heavy atom. The van der Waals surface area contributed by atoms with Gasteiger partial charge in [0.25, 0.3) is 0 Å². The average Bonchev–Trinajstić information content (AvgIpc) is 2.88. The Balaban J connectivity index is 2.07. The zero-order valence-corrected chi connectivity index (χ0v) is 12.3. The van der Waals surface area contributed by atoms with Gasteiger partial charge >= 0.3 is 0 Å². The molecule has 0 aromatic carbocycles. The monoisotopic (exact) mass is 252 g/mol. The van der Waals surface area contributed by atoms with Crippen molar-refractivity contribution in [3.05, 3.63) is 0 Å². The van der Waals surface area contributed by atoms with Crippen molar-refractivity contribution >= 4 is 5.91 Å². The molecule has 0 aromatic heterocycles. The lowest BCUT2D eigenvalue weighted by molar-refractivity contribution is -0.133. The first-order valence-electron chi connectivity index (χ1n) is 7.59. The summed E-state index contributed by atoms with van der Waals surface area (Å²) in [5.41, 5.74) is 0. The molecule has 0 radical (unpaired) electrons. The first-order valence-corrected chi connectivity index (χ1v) is 7.59. The third-order valence-corrected chi connectivity index (χ3v) is 4.62. The summed E-state index contributed by atoms with van der Waals surface area (Å²) in [5.74, 6) is 1.65. The first kappa shape index (κ1) is 13.9. The molecule has 1 N–H and O–H groups in total. The van der Waals surface area contributed by atoms with Gasteiger partial charge in [0.05, 0.1) is 12.2 Å². The second-order valence-corrected chi connectivity index (χ2v) is 6.56. The van der Waals surface area contributed by atoms with E-state index in [4.69, 9.17) is 0 Å². The highest BCUT2D eigenvalue weighted by Gasteiger charge is 2.41. The minimum Gasteiger partial charge on any atom is -0.323 e. The highest BCUT2D eigenvalue weighted by atomic mass is 16.2. The van der Waals surface area contributed by atoms with Crippen LogP contribution in [0.3, 0.4) is 0 Å². The van der Waals surface area contributed by atoms with E-state index in [1.54, 1.807) is 0 Å². The van der Waals surface area contributed by atoms with E-state index in [1.807, 2.05) is 6.92 Å². The lowest BCUT2D eigenvalue weighted by Crippen LogP contribution is -2.46. The lowest BCUT2D eigenvalue weighted by atomic mass is 9.97. The van der Waals surface area contributed by atoms with Gasteiger partial charge in [-0.15, -0.1) is 0 Å². The molecule has 18 heavy (non-hydrogen) atoms. The zero-order valence-electron chi connectivity index (χ0n) is 12.3. The number of carbonyl (C=O) groups is 1. The first-order chi connectivity index (χ1) is 8.50. The SMILES string of the molecule is CC(C)CC1NC(C)C(=O)N1C(C)C1CCCC1. The third kappa shape index (κ3) is 2.71. The molecule has 1 saturated carbocycles. The molecule has 1 aliphatic heterocycles. The molecule has 1 amide bonds. The zero-order chi connectivity index (χ0) is 13.3. The normalized spacial score (nSPS) is 31.6. The van der Waals surface area contributed by atoms with Crippen LogP contribution in [0.2, 0.25) is 0 Å². The second kappa shape index (κ2) is 5.60. The summed E-state index contributed by atoms with van der Waals surface area (Å²) in [7, 11) is 0. The maximum absolute atomic E-state index is 12.4. The van der Waals surface area contributed by atoms with Crippen molar-refractivity contribution in [2.45, 2.75) is 78.0 Å². The molecule has 3 nitrogen and oxygen atoms in total. The van der Waals surface area contributed by atoms with E-state index in [0.29, 0.717) is 17.9 Å². The molecular weight excluding hydrogens is 224 g/mol. The Hall–Kier alpha value is -0.570. The fourth-order valence-corrected chi connectivity index (χ4v) is 3.60. The number of hydrogen-bond donors (Lipinski definition) is 1. The number of carbonyl (C=O) groups excluding carboxylic acids is 1. The molecule has 1 saturated heterocycles. The fraction of sp³-hybridized carbons (Fsp3) is 0.933. The van der Waals surface area contributed by atoms with Crippen LogP contribution < -0.4 is 5.32 Å². The van der Waals surface area contributed by atoms with Crippen LogP contribution in [0.4, 0.5) is 0 Å². The standard InChI is InChI=1S/C15H28N2O/c1-10(2)9-14-16-11(3)15(18)17(14)12(4)13-7-5-6-8-13/h10-14,16H,5-9H2,1-4H3. The van der Waals surface area contributed by atoms with Crippen LogP contribution >= 0.6 is 0 Å². The molecule has 0 bridgehead atoms. The quantitative estimate of drug-likeness (QED) is 0.834. The van der Waals surface area contributed by atoms with Crippen molar-refractivity contribution in [1.82, 2.24) is 10.2 Å². The van der Waals surface area contributed by atoms with Crippen molar-refractivity contribution in [2.24, 2.45) is 11.8 Å². The van der Waals surface area contributed by atoms with Gasteiger partial charge in [-0.3, -0.25) is 10.1 Å². The molecule has 2 rings (SSSR count). The average molecular weight is 252 g/mol. The van der Waals surface area contributed by atoms with Gasteiger partial charge in [-0.05, 0) is 44.9 Å². The van der Waals surface area contributed by atoms with E-state index in [0.717, 1.165) is 12.3 Å². The predicted molar refractivity (Wildman–Crippen MR) is 74.1 cm³/mol. The van der Waals surface area contributed by atoms with Gasteiger partial charge in [-0.25, -0.2) is 0 Å². The van der Waals surface area contributed by atoms with Crippen LogP contribution in [0.25, 0.3) is 0 Å². The molecule has 0 aromatic rings. The Bertz CT molecular complexity index is 295. The summed E-state index contributed by atoms with van der Waals surface area (Å²) < 4.78 is 0. The van der Waals surface area contributed by atoms with E-state index in [1.165, 1.54) is 25.7 Å². The van der Waals surface area contributed by atoms with Crippen LogP contribution in [0.1, 0.15) is 59.8 Å². The molecule has 0 spiro atoms. The minimum absolute atomic E-state index is 0.00222. The summed E-state index contributed by atoms with van der Waals surface area (Å²) >= 11 is 0. The van der Waals surface area contributed by atoms with Crippen molar-refractivity contribution in [3.8, 4) is 0 Å². The predicted octanol–water partition coefficient (Wildman–Crippen LogP) is 2.76. The van der Waals surface area contributed by atoms with Crippen LogP contribution in [-0.2, 0) is 4.79 Å². The number of amides is 1. The van der Waals surface area contributed by atoms with Gasteiger partial charge < -0.3 is 4.90 Å². The largest absolute Gasteiger partial charge is 0.323 e. The lowest BCUT2D eigenvalue weighted by Gasteiger charge is -2.34. The summed E-state index contributed by atoms with van der Waals surface area (Å²) in [6.45, 7) is 8.71. The maximum atomic E-state index is 12.4. The van der Waals surface area contributed by atoms with Crippen molar-refractivity contribution < 1.29 is 4.79 Å². The van der Waals surface area contributed by atoms with E-state index >= 15 is 0 Å². The van der Waals surface area contributed by atoms with E-state index in [-0.39, 0.29) is 12.2 Å². The van der Waals surface area contributed by atoms with Crippen LogP contribution in [0.5, 0.6) is 0 Å². The molecule has 3 atom stereocenters. The molecule has 1 heterocycles.